The minimum Gasteiger partial charge on any atom is -0.444 e. The second-order valence-corrected chi connectivity index (χ2v) is 22.3. The molecule has 0 unspecified atom stereocenters. The molecule has 2 aliphatic heterocycles. The summed E-state index contributed by atoms with van der Waals surface area (Å²) >= 11 is 16.3. The number of carbonyl (C=O) groups is 4. The van der Waals surface area contributed by atoms with Gasteiger partial charge in [0.05, 0.1) is 38.5 Å². The maximum absolute atomic E-state index is 12.6. The van der Waals surface area contributed by atoms with Crippen molar-refractivity contribution >= 4 is 122 Å². The molecule has 8 rings (SSSR count). The number of fused-ring (bicyclic) bond motifs is 4. The Morgan fingerprint density at radius 2 is 1.25 bits per heavy atom. The molecular formula is C46H52Cl2N6O6S4. The minimum atomic E-state index is -0.541. The van der Waals surface area contributed by atoms with Crippen molar-refractivity contribution < 1.29 is 28.7 Å². The number of anilines is 2. The van der Waals surface area contributed by atoms with E-state index in [-0.39, 0.29) is 29.8 Å². The fourth-order valence-electron chi connectivity index (χ4n) is 6.87. The van der Waals surface area contributed by atoms with E-state index in [1.165, 1.54) is 33.2 Å². The van der Waals surface area contributed by atoms with E-state index in [0.717, 1.165) is 74.2 Å². The number of hydrogen-bond donors (Lipinski definition) is 2. The monoisotopic (exact) mass is 982 g/mol. The van der Waals surface area contributed by atoms with Gasteiger partial charge >= 0.3 is 12.2 Å². The van der Waals surface area contributed by atoms with Crippen molar-refractivity contribution in [1.82, 2.24) is 19.8 Å². The summed E-state index contributed by atoms with van der Waals surface area (Å²) in [6, 6.07) is 12.6. The Kier molecular flexibility index (Phi) is 15.5. The zero-order chi connectivity index (χ0) is 46.7. The molecule has 0 radical (unpaired) electrons. The minimum absolute atomic E-state index is 0.263. The molecule has 0 atom stereocenters. The number of aromatic nitrogens is 2. The highest BCUT2D eigenvalue weighted by Crippen LogP contribution is 2.47. The molecule has 4 aromatic heterocycles. The number of nitrogens with zero attached hydrogens (tertiary/aromatic N) is 4. The van der Waals surface area contributed by atoms with Crippen LogP contribution in [0.1, 0.15) is 80.0 Å². The van der Waals surface area contributed by atoms with E-state index in [9.17, 15) is 19.2 Å². The summed E-state index contributed by atoms with van der Waals surface area (Å²) in [5.74, 6) is 0.0586. The molecule has 0 bridgehead atoms. The summed E-state index contributed by atoms with van der Waals surface area (Å²) < 4.78 is 13.3. The van der Waals surface area contributed by atoms with Gasteiger partial charge in [0, 0.05) is 46.3 Å². The Hall–Kier alpha value is -4.58. The van der Waals surface area contributed by atoms with Gasteiger partial charge in [-0.15, -0.1) is 56.9 Å². The molecule has 64 heavy (non-hydrogen) atoms. The Morgan fingerprint density at radius 1 is 0.781 bits per heavy atom. The number of nitrogens with one attached hydrogen (secondary N) is 1. The predicted octanol–water partition coefficient (Wildman–Crippen LogP) is 12.3. The number of ether oxygens (including phenoxy) is 2. The van der Waals surface area contributed by atoms with E-state index in [4.69, 9.17) is 48.4 Å². The Balaban J connectivity index is 0.000000190. The third kappa shape index (κ3) is 12.2. The molecule has 0 aliphatic carbocycles. The number of rotatable bonds is 6. The highest BCUT2D eigenvalue weighted by Gasteiger charge is 2.33. The van der Waals surface area contributed by atoms with Gasteiger partial charge in [-0.1, -0.05) is 18.7 Å². The van der Waals surface area contributed by atoms with E-state index in [0.29, 0.717) is 38.5 Å². The van der Waals surface area contributed by atoms with Crippen molar-refractivity contribution in [1.29, 1.82) is 0 Å². The lowest BCUT2D eigenvalue weighted by Gasteiger charge is -2.30. The van der Waals surface area contributed by atoms with Crippen molar-refractivity contribution in [2.45, 2.75) is 98.9 Å². The zero-order valence-electron chi connectivity index (χ0n) is 37.1. The molecule has 340 valence electrons. The molecule has 0 fully saturated rings. The van der Waals surface area contributed by atoms with E-state index >= 15 is 0 Å². The summed E-state index contributed by atoms with van der Waals surface area (Å²) in [4.78, 5) is 62.1. The first kappa shape index (κ1) is 48.9. The summed E-state index contributed by atoms with van der Waals surface area (Å²) in [6.45, 7) is 21.1. The first-order valence-corrected chi connectivity index (χ1v) is 24.7. The largest absolute Gasteiger partial charge is 0.444 e. The van der Waals surface area contributed by atoms with Gasteiger partial charge in [-0.2, -0.15) is 0 Å². The number of aryl methyl sites for hydroxylation is 2. The summed E-state index contributed by atoms with van der Waals surface area (Å²) in [7, 11) is 0. The molecule has 6 heterocycles. The Morgan fingerprint density at radius 3 is 1.69 bits per heavy atom. The van der Waals surface area contributed by atoms with Gasteiger partial charge in [0.2, 0.25) is 11.1 Å². The van der Waals surface area contributed by atoms with Gasteiger partial charge in [0.1, 0.15) is 26.2 Å². The summed E-state index contributed by atoms with van der Waals surface area (Å²) in [6.07, 6.45) is 2.39. The maximum atomic E-state index is 12.6. The normalized spacial score (nSPS) is 13.5. The Labute approximate surface area is 399 Å². The van der Waals surface area contributed by atoms with Crippen LogP contribution in [0, 0.1) is 13.8 Å². The fraction of sp³-hybridized carbons (Fsp3) is 0.391. The number of alkyl halides is 1. The van der Waals surface area contributed by atoms with Crippen LogP contribution in [-0.2, 0) is 45.0 Å². The first-order chi connectivity index (χ1) is 30.1. The highest BCUT2D eigenvalue weighted by atomic mass is 35.5. The van der Waals surface area contributed by atoms with E-state index in [2.05, 4.69) is 55.2 Å². The van der Waals surface area contributed by atoms with Crippen molar-refractivity contribution in [3.8, 4) is 21.1 Å². The second-order valence-electron chi connectivity index (χ2n) is 17.2. The number of nitrogens with two attached hydrogens (primary N) is 1. The molecule has 0 saturated carbocycles. The van der Waals surface area contributed by atoms with Gasteiger partial charge in [-0.05, 0) is 132 Å². The van der Waals surface area contributed by atoms with Crippen LogP contribution in [0.2, 0.25) is 0 Å². The van der Waals surface area contributed by atoms with Crippen molar-refractivity contribution in [3.05, 3.63) is 81.1 Å². The fourth-order valence-corrected chi connectivity index (χ4v) is 11.8. The lowest BCUT2D eigenvalue weighted by atomic mass is 10.0. The summed E-state index contributed by atoms with van der Waals surface area (Å²) in [5.41, 5.74) is 14.0. The smallest absolute Gasteiger partial charge is 0.410 e. The lowest BCUT2D eigenvalue weighted by Crippen LogP contribution is -2.39. The number of nitrogen functional groups attached to an aromatic ring is 1. The average Bonchev–Trinajstić information content (AvgIpc) is 3.97. The number of thiophene rings is 2. The SMILES string of the molecule is C=CC(=O)Nc1sc2c(c1-c1nc3cc(C)ccc3s1)CCN(C(=O)OC(C)(C)C)C2.Cc1ccc2sc(-c3c(N)sc4c3CCN(C(=O)OC(C)(C)C)C4)nc2c1.O=C(Cl)CCCl. The summed E-state index contributed by atoms with van der Waals surface area (Å²) in [5, 5.41) is 5.95. The Bertz CT molecular complexity index is 2730. The van der Waals surface area contributed by atoms with Gasteiger partial charge < -0.3 is 30.3 Å². The van der Waals surface area contributed by atoms with Crippen LogP contribution in [0.25, 0.3) is 41.6 Å². The maximum Gasteiger partial charge on any atom is 0.410 e. The number of hydrogen-bond acceptors (Lipinski definition) is 13. The molecule has 2 aliphatic rings. The van der Waals surface area contributed by atoms with Crippen LogP contribution >= 0.6 is 68.5 Å². The molecule has 18 heteroatoms. The molecule has 3 amide bonds. The highest BCUT2D eigenvalue weighted by molar-refractivity contribution is 7.23. The van der Waals surface area contributed by atoms with Crippen LogP contribution in [0.5, 0.6) is 0 Å². The second kappa shape index (κ2) is 20.3. The molecule has 0 saturated heterocycles. The number of benzene rings is 2. The first-order valence-electron chi connectivity index (χ1n) is 20.6. The molecule has 3 N–H and O–H groups in total. The number of halogens is 2. The van der Waals surface area contributed by atoms with Gasteiger partial charge in [0.15, 0.2) is 0 Å². The van der Waals surface area contributed by atoms with E-state index in [1.54, 1.807) is 43.8 Å². The molecule has 2 aromatic carbocycles. The molecular weight excluding hydrogens is 932 g/mol. The zero-order valence-corrected chi connectivity index (χ0v) is 41.9. The molecule has 0 spiro atoms. The van der Waals surface area contributed by atoms with Gasteiger partial charge in [-0.25, -0.2) is 19.6 Å². The van der Waals surface area contributed by atoms with E-state index in [1.807, 2.05) is 48.5 Å². The van der Waals surface area contributed by atoms with Crippen molar-refractivity contribution in [2.75, 3.05) is 30.0 Å². The molecule has 6 aromatic rings. The molecule has 12 nitrogen and oxygen atoms in total. The van der Waals surface area contributed by atoms with Gasteiger partial charge in [0.25, 0.3) is 0 Å². The van der Waals surface area contributed by atoms with Gasteiger partial charge in [-0.3, -0.25) is 9.59 Å². The lowest BCUT2D eigenvalue weighted by molar-refractivity contribution is -0.112. The predicted molar refractivity (Wildman–Crippen MR) is 265 cm³/mol. The standard InChI is InChI=1S/C23H25N3O3S2.C20H23N3O2S2.C3H4Cl2O/c1-6-18(27)25-21-19(20-24-15-11-13(2)7-8-16(15)30-20)14-9-10-26(12-17(14)31-21)22(28)29-23(3,4)5;1-11-5-6-14-13(9-11)22-18(27-14)16-12-7-8-23(10-15(12)26-17(16)21)19(24)25-20(2,3)4;4-2-1-3(5)6/h6-8,11H,1,9-10,12H2,2-5H3,(H,25,27);5-6,9H,7-8,10,21H2,1-4H3;1-2H2. The van der Waals surface area contributed by atoms with Crippen LogP contribution in [0.15, 0.2) is 49.1 Å². The van der Waals surface area contributed by atoms with Crippen LogP contribution in [0.3, 0.4) is 0 Å². The third-order valence-corrected chi connectivity index (χ3v) is 14.3. The van der Waals surface area contributed by atoms with Crippen LogP contribution in [0.4, 0.5) is 19.6 Å². The third-order valence-electron chi connectivity index (χ3n) is 9.67. The van der Waals surface area contributed by atoms with Crippen LogP contribution in [-0.4, -0.2) is 73.3 Å². The topological polar surface area (TPSA) is 157 Å². The quantitative estimate of drug-likeness (QED) is 0.0942. The van der Waals surface area contributed by atoms with Crippen molar-refractivity contribution in [3.63, 3.8) is 0 Å². The average molecular weight is 984 g/mol. The number of amides is 3. The van der Waals surface area contributed by atoms with Crippen molar-refractivity contribution in [2.24, 2.45) is 0 Å². The number of carbonyl (C=O) groups excluding carboxylic acids is 4. The van der Waals surface area contributed by atoms with Crippen LogP contribution < -0.4 is 11.1 Å². The number of thiazole rings is 2. The van der Waals surface area contributed by atoms with E-state index < -0.39 is 11.2 Å².